The number of pyridine rings is 2. The van der Waals surface area contributed by atoms with E-state index in [1.165, 1.54) is 6.33 Å². The average molecular weight is 234 g/mol. The maximum atomic E-state index is 4.43. The Labute approximate surface area is 104 Å². The SMILES string of the molecule is c1cncc(-c2ncccc2-c2cncnc2)c1. The molecule has 3 aromatic heterocycles. The molecule has 0 unspecified atom stereocenters. The molecular weight excluding hydrogens is 224 g/mol. The van der Waals surface area contributed by atoms with E-state index >= 15 is 0 Å². The van der Waals surface area contributed by atoms with Gasteiger partial charge in [-0.25, -0.2) is 9.97 Å². The van der Waals surface area contributed by atoms with Crippen molar-refractivity contribution in [1.82, 2.24) is 19.9 Å². The molecule has 0 aliphatic carbocycles. The summed E-state index contributed by atoms with van der Waals surface area (Å²) in [6, 6.07) is 7.80. The Bertz CT molecular complexity index is 580. The van der Waals surface area contributed by atoms with Crippen molar-refractivity contribution in [2.45, 2.75) is 0 Å². The second-order valence-corrected chi connectivity index (χ2v) is 3.77. The summed E-state index contributed by atoms with van der Waals surface area (Å²) < 4.78 is 0. The topological polar surface area (TPSA) is 51.6 Å². The maximum absolute atomic E-state index is 4.43. The predicted octanol–water partition coefficient (Wildman–Crippen LogP) is 2.60. The molecule has 0 radical (unpaired) electrons. The highest BCUT2D eigenvalue weighted by molar-refractivity contribution is 5.79. The highest BCUT2D eigenvalue weighted by Crippen LogP contribution is 2.28. The van der Waals surface area contributed by atoms with Gasteiger partial charge in [-0.3, -0.25) is 9.97 Å². The molecule has 3 rings (SSSR count). The second-order valence-electron chi connectivity index (χ2n) is 3.77. The van der Waals surface area contributed by atoms with Crippen molar-refractivity contribution in [2.24, 2.45) is 0 Å². The first-order valence-corrected chi connectivity index (χ1v) is 5.56. The van der Waals surface area contributed by atoms with Gasteiger partial charge < -0.3 is 0 Å². The lowest BCUT2D eigenvalue weighted by Gasteiger charge is -2.07. The highest BCUT2D eigenvalue weighted by Gasteiger charge is 2.08. The standard InChI is InChI=1S/C14H10N4/c1-3-11(7-15-5-1)14-13(4-2-6-18-14)12-8-16-10-17-9-12/h1-10H. The van der Waals surface area contributed by atoms with Crippen LogP contribution < -0.4 is 0 Å². The Hall–Kier alpha value is -2.62. The first-order chi connectivity index (χ1) is 8.95. The van der Waals surface area contributed by atoms with Crippen LogP contribution in [0.25, 0.3) is 22.4 Å². The van der Waals surface area contributed by atoms with E-state index in [2.05, 4.69) is 19.9 Å². The number of hydrogen-bond donors (Lipinski definition) is 0. The predicted molar refractivity (Wildman–Crippen MR) is 68.5 cm³/mol. The molecule has 3 aromatic rings. The molecule has 0 atom stereocenters. The van der Waals surface area contributed by atoms with Gasteiger partial charge in [-0.05, 0) is 18.2 Å². The van der Waals surface area contributed by atoms with Gasteiger partial charge in [-0.1, -0.05) is 6.07 Å². The summed E-state index contributed by atoms with van der Waals surface area (Å²) in [6.07, 6.45) is 10.4. The van der Waals surface area contributed by atoms with Gasteiger partial charge in [0.1, 0.15) is 6.33 Å². The molecule has 0 aliphatic rings. The fraction of sp³-hybridized carbons (Fsp3) is 0. The van der Waals surface area contributed by atoms with Gasteiger partial charge >= 0.3 is 0 Å². The van der Waals surface area contributed by atoms with Crippen molar-refractivity contribution in [1.29, 1.82) is 0 Å². The third kappa shape index (κ3) is 1.96. The molecule has 0 aromatic carbocycles. The van der Waals surface area contributed by atoms with Crippen LogP contribution in [-0.4, -0.2) is 19.9 Å². The van der Waals surface area contributed by atoms with Crippen LogP contribution in [0.3, 0.4) is 0 Å². The van der Waals surface area contributed by atoms with E-state index in [1.54, 1.807) is 31.0 Å². The van der Waals surface area contributed by atoms with Crippen LogP contribution in [0.4, 0.5) is 0 Å². The van der Waals surface area contributed by atoms with Crippen LogP contribution in [0.5, 0.6) is 0 Å². The zero-order valence-electron chi connectivity index (χ0n) is 9.56. The Morgan fingerprint density at radius 2 is 1.50 bits per heavy atom. The molecule has 4 heteroatoms. The Morgan fingerprint density at radius 1 is 0.722 bits per heavy atom. The van der Waals surface area contributed by atoms with E-state index in [0.29, 0.717) is 0 Å². The van der Waals surface area contributed by atoms with Gasteiger partial charge in [0.2, 0.25) is 0 Å². The molecule has 0 amide bonds. The lowest BCUT2D eigenvalue weighted by molar-refractivity contribution is 1.17. The van der Waals surface area contributed by atoms with Crippen LogP contribution >= 0.6 is 0 Å². The molecule has 0 fully saturated rings. The van der Waals surface area contributed by atoms with E-state index < -0.39 is 0 Å². The minimum Gasteiger partial charge on any atom is -0.264 e. The Morgan fingerprint density at radius 3 is 2.28 bits per heavy atom. The second kappa shape index (κ2) is 4.71. The fourth-order valence-electron chi connectivity index (χ4n) is 1.81. The van der Waals surface area contributed by atoms with Gasteiger partial charge in [0, 0.05) is 47.7 Å². The fourth-order valence-corrected chi connectivity index (χ4v) is 1.81. The zero-order chi connectivity index (χ0) is 12.2. The number of aromatic nitrogens is 4. The van der Waals surface area contributed by atoms with Crippen LogP contribution in [-0.2, 0) is 0 Å². The summed E-state index contributed by atoms with van der Waals surface area (Å²) in [5, 5.41) is 0. The molecule has 3 heterocycles. The van der Waals surface area contributed by atoms with Crippen molar-refractivity contribution in [3.8, 4) is 22.4 Å². The number of nitrogens with zero attached hydrogens (tertiary/aromatic N) is 4. The van der Waals surface area contributed by atoms with Gasteiger partial charge in [0.05, 0.1) is 5.69 Å². The van der Waals surface area contributed by atoms with E-state index in [4.69, 9.17) is 0 Å². The van der Waals surface area contributed by atoms with E-state index in [9.17, 15) is 0 Å². The molecule has 18 heavy (non-hydrogen) atoms. The van der Waals surface area contributed by atoms with Crippen LogP contribution in [0, 0.1) is 0 Å². The summed E-state index contributed by atoms with van der Waals surface area (Å²) >= 11 is 0. The first-order valence-electron chi connectivity index (χ1n) is 5.56. The average Bonchev–Trinajstić information content (AvgIpc) is 2.49. The smallest absolute Gasteiger partial charge is 0.115 e. The Kier molecular flexibility index (Phi) is 2.75. The van der Waals surface area contributed by atoms with Gasteiger partial charge in [-0.15, -0.1) is 0 Å². The van der Waals surface area contributed by atoms with Crippen LogP contribution in [0.1, 0.15) is 0 Å². The van der Waals surface area contributed by atoms with Crippen molar-refractivity contribution >= 4 is 0 Å². The minimum absolute atomic E-state index is 0.889. The lowest BCUT2D eigenvalue weighted by Crippen LogP contribution is -1.90. The number of rotatable bonds is 2. The molecule has 0 bridgehead atoms. The summed E-state index contributed by atoms with van der Waals surface area (Å²) in [4.78, 5) is 16.6. The molecule has 0 N–H and O–H groups in total. The maximum Gasteiger partial charge on any atom is 0.115 e. The molecule has 0 spiro atoms. The molecule has 0 saturated heterocycles. The molecule has 86 valence electrons. The van der Waals surface area contributed by atoms with Gasteiger partial charge in [0.15, 0.2) is 0 Å². The zero-order valence-corrected chi connectivity index (χ0v) is 9.56. The van der Waals surface area contributed by atoms with Crippen molar-refractivity contribution in [3.63, 3.8) is 0 Å². The van der Waals surface area contributed by atoms with Crippen molar-refractivity contribution in [3.05, 3.63) is 61.6 Å². The largest absolute Gasteiger partial charge is 0.264 e. The van der Waals surface area contributed by atoms with Crippen LogP contribution in [0.2, 0.25) is 0 Å². The summed E-state index contributed by atoms with van der Waals surface area (Å²) in [7, 11) is 0. The normalized spacial score (nSPS) is 10.2. The van der Waals surface area contributed by atoms with Gasteiger partial charge in [-0.2, -0.15) is 0 Å². The Balaban J connectivity index is 2.18. The van der Waals surface area contributed by atoms with Crippen molar-refractivity contribution < 1.29 is 0 Å². The molecule has 0 aliphatic heterocycles. The molecule has 4 nitrogen and oxygen atoms in total. The van der Waals surface area contributed by atoms with Crippen molar-refractivity contribution in [2.75, 3.05) is 0 Å². The van der Waals surface area contributed by atoms with E-state index in [0.717, 1.165) is 22.4 Å². The summed E-state index contributed by atoms with van der Waals surface area (Å²) in [5.41, 5.74) is 3.83. The molecular formula is C14H10N4. The van der Waals surface area contributed by atoms with Gasteiger partial charge in [0.25, 0.3) is 0 Å². The quantitative estimate of drug-likeness (QED) is 0.684. The third-order valence-corrected chi connectivity index (χ3v) is 2.61. The lowest BCUT2D eigenvalue weighted by atomic mass is 10.0. The summed E-state index contributed by atoms with van der Waals surface area (Å²) in [6.45, 7) is 0. The monoisotopic (exact) mass is 234 g/mol. The van der Waals surface area contributed by atoms with E-state index in [1.807, 2.05) is 24.3 Å². The minimum atomic E-state index is 0.889. The van der Waals surface area contributed by atoms with Crippen LogP contribution in [0.15, 0.2) is 61.6 Å². The third-order valence-electron chi connectivity index (χ3n) is 2.61. The highest BCUT2D eigenvalue weighted by atomic mass is 14.8. The summed E-state index contributed by atoms with van der Waals surface area (Å²) in [5.74, 6) is 0. The first kappa shape index (κ1) is 10.5. The van der Waals surface area contributed by atoms with E-state index in [-0.39, 0.29) is 0 Å². The number of hydrogen-bond acceptors (Lipinski definition) is 4. The molecule has 0 saturated carbocycles.